The number of aromatic nitrogens is 1. The molecule has 0 atom stereocenters. The van der Waals surface area contributed by atoms with Gasteiger partial charge in [-0.25, -0.2) is 0 Å². The summed E-state index contributed by atoms with van der Waals surface area (Å²) in [5, 5.41) is 3.10. The number of nitrogens with one attached hydrogen (secondary N) is 1. The third kappa shape index (κ3) is 3.38. The SMILES string of the molecule is CNCCC=Cc1ccncc1C. The van der Waals surface area contributed by atoms with E-state index in [1.54, 1.807) is 0 Å². The monoisotopic (exact) mass is 176 g/mol. The van der Waals surface area contributed by atoms with Gasteiger partial charge in [0.1, 0.15) is 0 Å². The first-order valence-electron chi connectivity index (χ1n) is 4.56. The second kappa shape index (κ2) is 5.49. The Balaban J connectivity index is 2.53. The number of hydrogen-bond acceptors (Lipinski definition) is 2. The van der Waals surface area contributed by atoms with Crippen LogP contribution in [0, 0.1) is 6.92 Å². The number of hydrogen-bond donors (Lipinski definition) is 1. The molecule has 0 aliphatic rings. The fourth-order valence-electron chi connectivity index (χ4n) is 1.11. The quantitative estimate of drug-likeness (QED) is 0.710. The molecule has 2 nitrogen and oxygen atoms in total. The molecular weight excluding hydrogens is 160 g/mol. The topological polar surface area (TPSA) is 24.9 Å². The molecule has 0 spiro atoms. The molecule has 70 valence electrons. The molecule has 0 amide bonds. The van der Waals surface area contributed by atoms with E-state index in [-0.39, 0.29) is 0 Å². The molecule has 0 unspecified atom stereocenters. The summed E-state index contributed by atoms with van der Waals surface area (Å²) in [7, 11) is 1.96. The molecule has 0 aromatic carbocycles. The Kier molecular flexibility index (Phi) is 4.19. The molecule has 1 heterocycles. The molecule has 0 bridgehead atoms. The lowest BCUT2D eigenvalue weighted by Crippen LogP contribution is -2.05. The van der Waals surface area contributed by atoms with Crippen LogP contribution in [0.25, 0.3) is 6.08 Å². The minimum atomic E-state index is 1.03. The van der Waals surface area contributed by atoms with Crippen LogP contribution in [0.4, 0.5) is 0 Å². The summed E-state index contributed by atoms with van der Waals surface area (Å²) in [5.74, 6) is 0. The zero-order chi connectivity index (χ0) is 9.52. The molecular formula is C11H16N2. The standard InChI is InChI=1S/C11H16N2/c1-10-9-13-8-6-11(10)5-3-4-7-12-2/h3,5-6,8-9,12H,4,7H2,1-2H3. The number of pyridine rings is 1. The third-order valence-electron chi connectivity index (χ3n) is 1.92. The van der Waals surface area contributed by atoms with Crippen molar-refractivity contribution in [2.75, 3.05) is 13.6 Å². The Bertz CT molecular complexity index is 279. The van der Waals surface area contributed by atoms with E-state index in [0.29, 0.717) is 0 Å². The largest absolute Gasteiger partial charge is 0.319 e. The molecule has 2 heteroatoms. The third-order valence-corrected chi connectivity index (χ3v) is 1.92. The highest BCUT2D eigenvalue weighted by molar-refractivity contribution is 5.52. The summed E-state index contributed by atoms with van der Waals surface area (Å²) in [5.41, 5.74) is 2.48. The lowest BCUT2D eigenvalue weighted by atomic mass is 10.1. The van der Waals surface area contributed by atoms with Crippen LogP contribution in [0.3, 0.4) is 0 Å². The first kappa shape index (κ1) is 9.93. The van der Waals surface area contributed by atoms with Crippen molar-refractivity contribution < 1.29 is 0 Å². The fraction of sp³-hybridized carbons (Fsp3) is 0.364. The molecule has 13 heavy (non-hydrogen) atoms. The van der Waals surface area contributed by atoms with E-state index >= 15 is 0 Å². The van der Waals surface area contributed by atoms with Gasteiger partial charge >= 0.3 is 0 Å². The molecule has 1 N–H and O–H groups in total. The van der Waals surface area contributed by atoms with Crippen LogP contribution in [0.2, 0.25) is 0 Å². The Morgan fingerprint density at radius 1 is 1.54 bits per heavy atom. The lowest BCUT2D eigenvalue weighted by molar-refractivity contribution is 0.809. The highest BCUT2D eigenvalue weighted by Gasteiger charge is 1.90. The van der Waals surface area contributed by atoms with Crippen molar-refractivity contribution in [1.29, 1.82) is 0 Å². The van der Waals surface area contributed by atoms with Crippen LogP contribution < -0.4 is 5.32 Å². The van der Waals surface area contributed by atoms with E-state index in [0.717, 1.165) is 13.0 Å². The molecule has 0 aliphatic carbocycles. The van der Waals surface area contributed by atoms with Gasteiger partial charge < -0.3 is 5.32 Å². The zero-order valence-corrected chi connectivity index (χ0v) is 8.25. The van der Waals surface area contributed by atoms with Gasteiger partial charge in [-0.2, -0.15) is 0 Å². The maximum absolute atomic E-state index is 4.04. The molecule has 1 rings (SSSR count). The van der Waals surface area contributed by atoms with Crippen molar-refractivity contribution in [1.82, 2.24) is 10.3 Å². The van der Waals surface area contributed by atoms with Crippen molar-refractivity contribution in [2.24, 2.45) is 0 Å². The predicted molar refractivity (Wildman–Crippen MR) is 56.6 cm³/mol. The maximum atomic E-state index is 4.04. The normalized spacial score (nSPS) is 10.9. The van der Waals surface area contributed by atoms with Gasteiger partial charge in [0.15, 0.2) is 0 Å². The van der Waals surface area contributed by atoms with E-state index in [1.807, 2.05) is 25.5 Å². The van der Waals surface area contributed by atoms with Gasteiger partial charge in [-0.05, 0) is 44.1 Å². The average molecular weight is 176 g/mol. The second-order valence-electron chi connectivity index (χ2n) is 3.03. The highest BCUT2D eigenvalue weighted by atomic mass is 14.8. The predicted octanol–water partition coefficient (Wildman–Crippen LogP) is 2.01. The first-order valence-corrected chi connectivity index (χ1v) is 4.56. The number of aryl methyl sites for hydroxylation is 1. The van der Waals surface area contributed by atoms with E-state index in [9.17, 15) is 0 Å². The van der Waals surface area contributed by atoms with Gasteiger partial charge in [-0.3, -0.25) is 4.98 Å². The minimum Gasteiger partial charge on any atom is -0.319 e. The fourth-order valence-corrected chi connectivity index (χ4v) is 1.11. The van der Waals surface area contributed by atoms with Crippen LogP contribution in [0.1, 0.15) is 17.5 Å². The van der Waals surface area contributed by atoms with E-state index in [2.05, 4.69) is 29.4 Å². The van der Waals surface area contributed by atoms with Gasteiger partial charge in [0.2, 0.25) is 0 Å². The summed E-state index contributed by atoms with van der Waals surface area (Å²) in [4.78, 5) is 4.04. The minimum absolute atomic E-state index is 1.03. The number of nitrogens with zero attached hydrogens (tertiary/aromatic N) is 1. The van der Waals surface area contributed by atoms with Gasteiger partial charge in [0, 0.05) is 12.4 Å². The van der Waals surface area contributed by atoms with Crippen LogP contribution in [-0.4, -0.2) is 18.6 Å². The molecule has 0 fully saturated rings. The molecule has 0 saturated carbocycles. The smallest absolute Gasteiger partial charge is 0.0303 e. The van der Waals surface area contributed by atoms with Crippen LogP contribution in [0.5, 0.6) is 0 Å². The van der Waals surface area contributed by atoms with E-state index in [4.69, 9.17) is 0 Å². The van der Waals surface area contributed by atoms with Gasteiger partial charge in [-0.1, -0.05) is 12.2 Å². The number of rotatable bonds is 4. The molecule has 0 saturated heterocycles. The van der Waals surface area contributed by atoms with Crippen molar-refractivity contribution in [3.8, 4) is 0 Å². The molecule has 0 aliphatic heterocycles. The first-order chi connectivity index (χ1) is 6.34. The Morgan fingerprint density at radius 2 is 2.38 bits per heavy atom. The average Bonchev–Trinajstić information content (AvgIpc) is 2.15. The van der Waals surface area contributed by atoms with Crippen molar-refractivity contribution in [2.45, 2.75) is 13.3 Å². The van der Waals surface area contributed by atoms with Gasteiger partial charge in [-0.15, -0.1) is 0 Å². The van der Waals surface area contributed by atoms with Gasteiger partial charge in [0.05, 0.1) is 0 Å². The van der Waals surface area contributed by atoms with Crippen LogP contribution in [0.15, 0.2) is 24.5 Å². The van der Waals surface area contributed by atoms with Crippen molar-refractivity contribution in [3.63, 3.8) is 0 Å². The second-order valence-corrected chi connectivity index (χ2v) is 3.03. The summed E-state index contributed by atoms with van der Waals surface area (Å²) < 4.78 is 0. The van der Waals surface area contributed by atoms with Crippen LogP contribution in [-0.2, 0) is 0 Å². The van der Waals surface area contributed by atoms with Crippen molar-refractivity contribution >= 4 is 6.08 Å². The maximum Gasteiger partial charge on any atom is 0.0303 e. The van der Waals surface area contributed by atoms with Gasteiger partial charge in [0.25, 0.3) is 0 Å². The van der Waals surface area contributed by atoms with E-state index in [1.165, 1.54) is 11.1 Å². The Morgan fingerprint density at radius 3 is 3.08 bits per heavy atom. The lowest BCUT2D eigenvalue weighted by Gasteiger charge is -1.97. The summed E-state index contributed by atoms with van der Waals surface area (Å²) >= 11 is 0. The Labute approximate surface area is 79.7 Å². The van der Waals surface area contributed by atoms with E-state index < -0.39 is 0 Å². The molecule has 1 aromatic heterocycles. The Hall–Kier alpha value is -1.15. The summed E-state index contributed by atoms with van der Waals surface area (Å²) in [6, 6.07) is 2.03. The van der Waals surface area contributed by atoms with Crippen molar-refractivity contribution in [3.05, 3.63) is 35.7 Å². The zero-order valence-electron chi connectivity index (χ0n) is 8.25. The summed E-state index contributed by atoms with van der Waals surface area (Å²) in [6.07, 6.45) is 9.11. The molecule has 0 radical (unpaired) electrons. The highest BCUT2D eigenvalue weighted by Crippen LogP contribution is 2.07. The van der Waals surface area contributed by atoms with Crippen LogP contribution >= 0.6 is 0 Å². The summed E-state index contributed by atoms with van der Waals surface area (Å²) in [6.45, 7) is 3.10. The molecule has 1 aromatic rings.